The van der Waals surface area contributed by atoms with Crippen LogP contribution in [0.25, 0.3) is 10.8 Å². The summed E-state index contributed by atoms with van der Waals surface area (Å²) in [4.78, 5) is 12.8. The molecule has 0 aromatic heterocycles. The maximum Gasteiger partial charge on any atom is 0.193 e. The molecule has 2 heteroatoms. The summed E-state index contributed by atoms with van der Waals surface area (Å²) in [5.41, 5.74) is 2.50. The lowest BCUT2D eigenvalue weighted by Gasteiger charge is -2.08. The van der Waals surface area contributed by atoms with E-state index in [1.54, 1.807) is 0 Å². The van der Waals surface area contributed by atoms with Crippen molar-refractivity contribution in [3.05, 3.63) is 81.8 Å². The molecule has 0 unspecified atom stereocenters. The average Bonchev–Trinajstić information content (AvgIpc) is 2.46. The third-order valence-electron chi connectivity index (χ3n) is 3.47. The fourth-order valence-electron chi connectivity index (χ4n) is 2.45. The molecule has 0 aliphatic carbocycles. The van der Waals surface area contributed by atoms with Crippen LogP contribution in [-0.4, -0.2) is 5.78 Å². The van der Waals surface area contributed by atoms with Gasteiger partial charge in [0.2, 0.25) is 0 Å². The Morgan fingerprint density at radius 2 is 1.65 bits per heavy atom. The predicted molar refractivity (Wildman–Crippen MR) is 86.3 cm³/mol. The summed E-state index contributed by atoms with van der Waals surface area (Å²) in [6.07, 6.45) is 0. The molecule has 0 saturated heterocycles. The average molecular weight is 325 g/mol. The van der Waals surface area contributed by atoms with Crippen LogP contribution in [0.1, 0.15) is 21.5 Å². The van der Waals surface area contributed by atoms with Gasteiger partial charge in [0.1, 0.15) is 0 Å². The third kappa shape index (κ3) is 2.27. The number of halogens is 1. The molecule has 0 spiro atoms. The fourth-order valence-corrected chi connectivity index (χ4v) is 2.93. The van der Waals surface area contributed by atoms with Gasteiger partial charge in [0.15, 0.2) is 5.78 Å². The van der Waals surface area contributed by atoms with E-state index in [1.807, 2.05) is 67.6 Å². The summed E-state index contributed by atoms with van der Waals surface area (Å²) in [5, 5.41) is 2.09. The Balaban J connectivity index is 2.18. The van der Waals surface area contributed by atoms with Crippen molar-refractivity contribution < 1.29 is 4.79 Å². The van der Waals surface area contributed by atoms with Crippen LogP contribution >= 0.6 is 15.9 Å². The Kier molecular flexibility index (Phi) is 3.41. The minimum Gasteiger partial charge on any atom is -0.289 e. The maximum absolute atomic E-state index is 12.8. The van der Waals surface area contributed by atoms with Gasteiger partial charge in [-0.05, 0) is 41.5 Å². The van der Waals surface area contributed by atoms with Crippen molar-refractivity contribution in [1.82, 2.24) is 0 Å². The Bertz CT molecular complexity index is 800. The van der Waals surface area contributed by atoms with E-state index in [2.05, 4.69) is 15.9 Å². The summed E-state index contributed by atoms with van der Waals surface area (Å²) in [6.45, 7) is 1.96. The summed E-state index contributed by atoms with van der Waals surface area (Å²) in [7, 11) is 0. The SMILES string of the molecule is Cc1cc(Br)ccc1C(=O)c1cccc2ccccc12. The standard InChI is InChI=1S/C18H13BrO/c1-12-11-14(19)9-10-15(12)18(20)17-8-4-6-13-5-2-3-7-16(13)17/h2-11H,1H3. The number of carbonyl (C=O) groups excluding carboxylic acids is 1. The van der Waals surface area contributed by atoms with Gasteiger partial charge in [-0.3, -0.25) is 4.79 Å². The maximum atomic E-state index is 12.8. The molecule has 0 atom stereocenters. The molecule has 3 rings (SSSR count). The van der Waals surface area contributed by atoms with Crippen LogP contribution in [0.3, 0.4) is 0 Å². The molecule has 0 fully saturated rings. The van der Waals surface area contributed by atoms with E-state index in [0.717, 1.165) is 31.9 Å². The van der Waals surface area contributed by atoms with Crippen LogP contribution in [0, 0.1) is 6.92 Å². The normalized spacial score (nSPS) is 10.7. The zero-order valence-corrected chi connectivity index (χ0v) is 12.6. The van der Waals surface area contributed by atoms with Crippen LogP contribution in [0.4, 0.5) is 0 Å². The number of ketones is 1. The lowest BCUT2D eigenvalue weighted by molar-refractivity contribution is 0.103. The molecular weight excluding hydrogens is 312 g/mol. The summed E-state index contributed by atoms with van der Waals surface area (Å²) >= 11 is 3.43. The second-order valence-corrected chi connectivity index (χ2v) is 5.73. The Labute approximate surface area is 126 Å². The van der Waals surface area contributed by atoms with E-state index in [4.69, 9.17) is 0 Å². The highest BCUT2D eigenvalue weighted by atomic mass is 79.9. The van der Waals surface area contributed by atoms with Crippen LogP contribution < -0.4 is 0 Å². The molecular formula is C18H13BrO. The minimum absolute atomic E-state index is 0.0757. The van der Waals surface area contributed by atoms with Gasteiger partial charge in [-0.2, -0.15) is 0 Å². The Hall–Kier alpha value is -1.93. The number of aryl methyl sites for hydroxylation is 1. The fraction of sp³-hybridized carbons (Fsp3) is 0.0556. The van der Waals surface area contributed by atoms with Crippen molar-refractivity contribution >= 4 is 32.5 Å². The van der Waals surface area contributed by atoms with Crippen molar-refractivity contribution in [3.8, 4) is 0 Å². The van der Waals surface area contributed by atoms with Gasteiger partial charge in [0.25, 0.3) is 0 Å². The summed E-state index contributed by atoms with van der Waals surface area (Å²) in [5.74, 6) is 0.0757. The molecule has 98 valence electrons. The summed E-state index contributed by atoms with van der Waals surface area (Å²) < 4.78 is 0.990. The van der Waals surface area contributed by atoms with Crippen LogP contribution in [0.5, 0.6) is 0 Å². The molecule has 0 heterocycles. The van der Waals surface area contributed by atoms with Gasteiger partial charge in [0.05, 0.1) is 0 Å². The van der Waals surface area contributed by atoms with Crippen LogP contribution in [0.15, 0.2) is 65.1 Å². The first-order valence-corrected chi connectivity index (χ1v) is 7.25. The van der Waals surface area contributed by atoms with E-state index >= 15 is 0 Å². The number of benzene rings is 3. The quantitative estimate of drug-likeness (QED) is 0.596. The number of hydrogen-bond donors (Lipinski definition) is 0. The first-order chi connectivity index (χ1) is 9.66. The van der Waals surface area contributed by atoms with E-state index in [-0.39, 0.29) is 5.78 Å². The minimum atomic E-state index is 0.0757. The lowest BCUT2D eigenvalue weighted by Crippen LogP contribution is -2.04. The number of fused-ring (bicyclic) bond motifs is 1. The highest BCUT2D eigenvalue weighted by Crippen LogP contribution is 2.24. The van der Waals surface area contributed by atoms with Gasteiger partial charge in [-0.15, -0.1) is 0 Å². The molecule has 0 radical (unpaired) electrons. The zero-order chi connectivity index (χ0) is 14.1. The topological polar surface area (TPSA) is 17.1 Å². The van der Waals surface area contributed by atoms with Gasteiger partial charge in [-0.1, -0.05) is 58.4 Å². The molecule has 0 bridgehead atoms. The van der Waals surface area contributed by atoms with Crippen molar-refractivity contribution in [1.29, 1.82) is 0 Å². The number of carbonyl (C=O) groups is 1. The van der Waals surface area contributed by atoms with E-state index < -0.39 is 0 Å². The smallest absolute Gasteiger partial charge is 0.193 e. The Morgan fingerprint density at radius 1 is 0.900 bits per heavy atom. The number of hydrogen-bond acceptors (Lipinski definition) is 1. The van der Waals surface area contributed by atoms with E-state index in [1.165, 1.54) is 0 Å². The molecule has 3 aromatic rings. The number of rotatable bonds is 2. The third-order valence-corrected chi connectivity index (χ3v) is 3.96. The van der Waals surface area contributed by atoms with Gasteiger partial charge < -0.3 is 0 Å². The summed E-state index contributed by atoms with van der Waals surface area (Å²) in [6, 6.07) is 19.6. The molecule has 0 aliphatic rings. The highest BCUT2D eigenvalue weighted by molar-refractivity contribution is 9.10. The van der Waals surface area contributed by atoms with Crippen molar-refractivity contribution in [2.75, 3.05) is 0 Å². The molecule has 0 N–H and O–H groups in total. The second-order valence-electron chi connectivity index (χ2n) is 4.82. The van der Waals surface area contributed by atoms with Crippen LogP contribution in [0.2, 0.25) is 0 Å². The van der Waals surface area contributed by atoms with Crippen molar-refractivity contribution in [3.63, 3.8) is 0 Å². The molecule has 20 heavy (non-hydrogen) atoms. The Morgan fingerprint density at radius 3 is 2.45 bits per heavy atom. The molecule has 1 nitrogen and oxygen atoms in total. The molecule has 0 saturated carbocycles. The molecule has 3 aromatic carbocycles. The highest BCUT2D eigenvalue weighted by Gasteiger charge is 2.14. The monoisotopic (exact) mass is 324 g/mol. The van der Waals surface area contributed by atoms with Crippen molar-refractivity contribution in [2.24, 2.45) is 0 Å². The van der Waals surface area contributed by atoms with Crippen molar-refractivity contribution in [2.45, 2.75) is 6.92 Å². The first-order valence-electron chi connectivity index (χ1n) is 6.45. The van der Waals surface area contributed by atoms with Gasteiger partial charge in [-0.25, -0.2) is 0 Å². The lowest BCUT2D eigenvalue weighted by atomic mass is 9.95. The van der Waals surface area contributed by atoms with E-state index in [0.29, 0.717) is 0 Å². The predicted octanol–water partition coefficient (Wildman–Crippen LogP) is 5.14. The first kappa shape index (κ1) is 13.1. The zero-order valence-electron chi connectivity index (χ0n) is 11.1. The van der Waals surface area contributed by atoms with Gasteiger partial charge in [0, 0.05) is 15.6 Å². The molecule has 0 amide bonds. The van der Waals surface area contributed by atoms with Gasteiger partial charge >= 0.3 is 0 Å². The van der Waals surface area contributed by atoms with E-state index in [9.17, 15) is 4.79 Å². The largest absolute Gasteiger partial charge is 0.289 e. The van der Waals surface area contributed by atoms with Crippen LogP contribution in [-0.2, 0) is 0 Å². The molecule has 0 aliphatic heterocycles. The second kappa shape index (κ2) is 5.22.